The van der Waals surface area contributed by atoms with E-state index >= 15 is 0 Å². The highest BCUT2D eigenvalue weighted by atomic mass is 32.2. The maximum absolute atomic E-state index is 12.6. The van der Waals surface area contributed by atoms with Crippen LogP contribution in [0.2, 0.25) is 0 Å². The van der Waals surface area contributed by atoms with Crippen molar-refractivity contribution in [3.05, 3.63) is 48.0 Å². The topological polar surface area (TPSA) is 78.6 Å². The summed E-state index contributed by atoms with van der Waals surface area (Å²) in [7, 11) is -0.625. The Morgan fingerprint density at radius 3 is 2.33 bits per heavy atom. The van der Waals surface area contributed by atoms with E-state index in [2.05, 4.69) is 0 Å². The Hall–Kier alpha value is -2.21. The van der Waals surface area contributed by atoms with Crippen LogP contribution < -0.4 is 15.2 Å². The number of nitrogens with two attached hydrogens (primary N) is 1. The predicted octanol–water partition coefficient (Wildman–Crippen LogP) is 2.26. The van der Waals surface area contributed by atoms with Crippen LogP contribution in [-0.2, 0) is 15.6 Å². The molecule has 6 heteroatoms. The first kappa shape index (κ1) is 15.2. The first-order valence-corrected chi connectivity index (χ1v) is 7.91. The van der Waals surface area contributed by atoms with Crippen LogP contribution in [0.15, 0.2) is 47.4 Å². The van der Waals surface area contributed by atoms with Gasteiger partial charge < -0.3 is 15.2 Å². The molecule has 112 valence electrons. The van der Waals surface area contributed by atoms with Gasteiger partial charge >= 0.3 is 0 Å². The lowest BCUT2D eigenvalue weighted by molar-refractivity contribution is 0.402. The predicted molar refractivity (Wildman–Crippen MR) is 81.3 cm³/mol. The van der Waals surface area contributed by atoms with Gasteiger partial charge in [-0.2, -0.15) is 0 Å². The van der Waals surface area contributed by atoms with Gasteiger partial charge in [-0.05, 0) is 18.2 Å². The van der Waals surface area contributed by atoms with Gasteiger partial charge in [-0.3, -0.25) is 0 Å². The molecule has 21 heavy (non-hydrogen) atoms. The summed E-state index contributed by atoms with van der Waals surface area (Å²) in [6.45, 7) is 0. The van der Waals surface area contributed by atoms with Crippen molar-refractivity contribution in [3.8, 4) is 11.5 Å². The number of methoxy groups -OCH3 is 2. The van der Waals surface area contributed by atoms with E-state index < -0.39 is 9.84 Å². The standard InChI is InChI=1S/C15H17NO4S/c1-19-13-5-3-4-6-15(13)21(17,18)10-11-7-8-12(16)9-14(11)20-2/h3-9H,10,16H2,1-2H3. The van der Waals surface area contributed by atoms with Gasteiger partial charge in [0, 0.05) is 17.3 Å². The molecule has 0 bridgehead atoms. The van der Waals surface area contributed by atoms with Gasteiger partial charge in [0.25, 0.3) is 0 Å². The Morgan fingerprint density at radius 1 is 1.00 bits per heavy atom. The molecule has 0 spiro atoms. The minimum absolute atomic E-state index is 0.159. The average Bonchev–Trinajstić information content (AvgIpc) is 2.48. The lowest BCUT2D eigenvalue weighted by Crippen LogP contribution is -2.08. The molecule has 2 aromatic rings. The molecule has 0 amide bonds. The van der Waals surface area contributed by atoms with Crippen molar-refractivity contribution in [1.82, 2.24) is 0 Å². The van der Waals surface area contributed by atoms with Gasteiger partial charge in [0.05, 0.1) is 20.0 Å². The fourth-order valence-electron chi connectivity index (χ4n) is 2.04. The normalized spacial score (nSPS) is 11.1. The number of benzene rings is 2. The minimum Gasteiger partial charge on any atom is -0.496 e. The maximum Gasteiger partial charge on any atom is 0.186 e. The van der Waals surface area contributed by atoms with Crippen LogP contribution in [0.4, 0.5) is 5.69 Å². The summed E-state index contributed by atoms with van der Waals surface area (Å²) in [5.74, 6) is 0.594. The quantitative estimate of drug-likeness (QED) is 0.857. The van der Waals surface area contributed by atoms with E-state index in [1.54, 1.807) is 36.4 Å². The molecular weight excluding hydrogens is 290 g/mol. The molecule has 0 unspecified atom stereocenters. The molecule has 0 fully saturated rings. The molecule has 0 aliphatic heterocycles. The third-order valence-electron chi connectivity index (χ3n) is 3.06. The fraction of sp³-hybridized carbons (Fsp3) is 0.200. The van der Waals surface area contributed by atoms with Crippen molar-refractivity contribution < 1.29 is 17.9 Å². The molecule has 0 aliphatic rings. The van der Waals surface area contributed by atoms with Gasteiger partial charge in [0.1, 0.15) is 16.4 Å². The lowest BCUT2D eigenvalue weighted by Gasteiger charge is -2.12. The molecule has 5 nitrogen and oxygen atoms in total. The highest BCUT2D eigenvalue weighted by Crippen LogP contribution is 2.30. The zero-order chi connectivity index (χ0) is 15.5. The highest BCUT2D eigenvalue weighted by molar-refractivity contribution is 7.90. The number of nitrogen functional groups attached to an aromatic ring is 1. The molecule has 0 aromatic heterocycles. The number of rotatable bonds is 5. The second-order valence-electron chi connectivity index (χ2n) is 4.48. The Kier molecular flexibility index (Phi) is 4.37. The summed E-state index contributed by atoms with van der Waals surface area (Å²) in [4.78, 5) is 0.159. The maximum atomic E-state index is 12.6. The van der Waals surface area contributed by atoms with E-state index in [0.29, 0.717) is 22.7 Å². The van der Waals surface area contributed by atoms with E-state index in [1.165, 1.54) is 20.3 Å². The smallest absolute Gasteiger partial charge is 0.186 e. The molecule has 0 radical (unpaired) electrons. The number of anilines is 1. The molecule has 0 heterocycles. The van der Waals surface area contributed by atoms with Gasteiger partial charge in [-0.25, -0.2) is 8.42 Å². The van der Waals surface area contributed by atoms with Crippen molar-refractivity contribution in [2.75, 3.05) is 20.0 Å². The zero-order valence-corrected chi connectivity index (χ0v) is 12.7. The minimum atomic E-state index is -3.55. The third kappa shape index (κ3) is 3.28. The largest absolute Gasteiger partial charge is 0.496 e. The summed E-state index contributed by atoms with van der Waals surface area (Å²) in [6.07, 6.45) is 0. The summed E-state index contributed by atoms with van der Waals surface area (Å²) < 4.78 is 35.4. The van der Waals surface area contributed by atoms with Crippen LogP contribution in [-0.4, -0.2) is 22.6 Å². The van der Waals surface area contributed by atoms with E-state index in [9.17, 15) is 8.42 Å². The van der Waals surface area contributed by atoms with Crippen LogP contribution in [0.3, 0.4) is 0 Å². The number of hydrogen-bond acceptors (Lipinski definition) is 5. The fourth-order valence-corrected chi connectivity index (χ4v) is 3.59. The number of para-hydroxylation sites is 1. The third-order valence-corrected chi connectivity index (χ3v) is 4.76. The summed E-state index contributed by atoms with van der Waals surface area (Å²) in [5, 5.41) is 0. The molecule has 0 saturated carbocycles. The first-order chi connectivity index (χ1) is 9.97. The molecule has 0 atom stereocenters. The van der Waals surface area contributed by atoms with Gasteiger partial charge in [-0.15, -0.1) is 0 Å². The molecular formula is C15H17NO4S. The molecule has 0 aliphatic carbocycles. The van der Waals surface area contributed by atoms with Crippen molar-refractivity contribution >= 4 is 15.5 Å². The Morgan fingerprint density at radius 2 is 1.67 bits per heavy atom. The van der Waals surface area contributed by atoms with E-state index in [4.69, 9.17) is 15.2 Å². The Bertz CT molecular complexity index is 741. The van der Waals surface area contributed by atoms with E-state index in [-0.39, 0.29) is 10.6 Å². The Labute approximate surface area is 124 Å². The number of hydrogen-bond donors (Lipinski definition) is 1. The van der Waals surface area contributed by atoms with Gasteiger partial charge in [0.15, 0.2) is 9.84 Å². The summed E-state index contributed by atoms with van der Waals surface area (Å²) >= 11 is 0. The highest BCUT2D eigenvalue weighted by Gasteiger charge is 2.21. The summed E-state index contributed by atoms with van der Waals surface area (Å²) in [6, 6.07) is 11.4. The monoisotopic (exact) mass is 307 g/mol. The van der Waals surface area contributed by atoms with Crippen molar-refractivity contribution in [3.63, 3.8) is 0 Å². The number of sulfone groups is 1. The van der Waals surface area contributed by atoms with Crippen LogP contribution >= 0.6 is 0 Å². The molecule has 2 aromatic carbocycles. The van der Waals surface area contributed by atoms with Crippen molar-refractivity contribution in [1.29, 1.82) is 0 Å². The van der Waals surface area contributed by atoms with Crippen molar-refractivity contribution in [2.45, 2.75) is 10.6 Å². The SMILES string of the molecule is COc1cc(N)ccc1CS(=O)(=O)c1ccccc1OC. The van der Waals surface area contributed by atoms with Crippen LogP contribution in [0.25, 0.3) is 0 Å². The van der Waals surface area contributed by atoms with E-state index in [0.717, 1.165) is 0 Å². The molecule has 2 rings (SSSR count). The van der Waals surface area contributed by atoms with Crippen LogP contribution in [0.1, 0.15) is 5.56 Å². The van der Waals surface area contributed by atoms with Gasteiger partial charge in [-0.1, -0.05) is 18.2 Å². The van der Waals surface area contributed by atoms with Crippen molar-refractivity contribution in [2.24, 2.45) is 0 Å². The zero-order valence-electron chi connectivity index (χ0n) is 11.9. The Balaban J connectivity index is 2.42. The van der Waals surface area contributed by atoms with Crippen LogP contribution in [0.5, 0.6) is 11.5 Å². The summed E-state index contributed by atoms with van der Waals surface area (Å²) in [5.41, 5.74) is 6.75. The second kappa shape index (κ2) is 6.05. The molecule has 2 N–H and O–H groups in total. The first-order valence-electron chi connectivity index (χ1n) is 6.26. The van der Waals surface area contributed by atoms with Crippen LogP contribution in [0, 0.1) is 0 Å². The lowest BCUT2D eigenvalue weighted by atomic mass is 10.2. The van der Waals surface area contributed by atoms with E-state index in [1.807, 2.05) is 0 Å². The number of ether oxygens (including phenoxy) is 2. The second-order valence-corrected chi connectivity index (χ2v) is 6.44. The molecule has 0 saturated heterocycles. The van der Waals surface area contributed by atoms with Gasteiger partial charge in [0.2, 0.25) is 0 Å². The average molecular weight is 307 g/mol.